The van der Waals surface area contributed by atoms with Crippen molar-refractivity contribution in [3.05, 3.63) is 127 Å². The van der Waals surface area contributed by atoms with Crippen LogP contribution in [0.2, 0.25) is 0 Å². The van der Waals surface area contributed by atoms with Crippen molar-refractivity contribution in [1.29, 1.82) is 0 Å². The van der Waals surface area contributed by atoms with Gasteiger partial charge in [0.25, 0.3) is 0 Å². The second-order valence-electron chi connectivity index (χ2n) is 11.0. The Morgan fingerprint density at radius 3 is 2.14 bits per heavy atom. The first kappa shape index (κ1) is 23.5. The van der Waals surface area contributed by atoms with Gasteiger partial charge in [-0.1, -0.05) is 103 Å². The van der Waals surface area contributed by atoms with Gasteiger partial charge in [-0.15, -0.1) is 22.7 Å². The van der Waals surface area contributed by atoms with Crippen molar-refractivity contribution >= 4 is 95.7 Å². The number of fused-ring (bicyclic) bond motifs is 11. The molecule has 3 nitrogen and oxygen atoms in total. The standard InChI is InChI=1S/C38H21N3S2/c1-2-11-24-21-25(18-17-22(24)9-1)33-32-26-12-4-3-10-23(26)19-20-29(32)39-38(40-33)41-30-15-7-5-13-27(30)35-34(41)37-36(43-35)28-14-6-8-16-31(28)42-37/h1-21H. The summed E-state index contributed by atoms with van der Waals surface area (Å²) in [5.41, 5.74) is 5.32. The molecular formula is C38H21N3S2. The number of nitrogens with zero attached hydrogens (tertiary/aromatic N) is 3. The molecule has 0 N–H and O–H groups in total. The van der Waals surface area contributed by atoms with Crippen LogP contribution in [0.15, 0.2) is 127 Å². The Kier molecular flexibility index (Phi) is 4.75. The maximum Gasteiger partial charge on any atom is 0.235 e. The van der Waals surface area contributed by atoms with Crippen LogP contribution in [-0.4, -0.2) is 14.5 Å². The summed E-state index contributed by atoms with van der Waals surface area (Å²) in [7, 11) is 0. The van der Waals surface area contributed by atoms with Crippen LogP contribution >= 0.6 is 22.7 Å². The zero-order valence-corrected chi connectivity index (χ0v) is 24.4. The number of aromatic nitrogens is 3. The van der Waals surface area contributed by atoms with Crippen LogP contribution in [-0.2, 0) is 0 Å². The van der Waals surface area contributed by atoms with E-state index in [-0.39, 0.29) is 0 Å². The smallest absolute Gasteiger partial charge is 0.235 e. The quantitative estimate of drug-likeness (QED) is 0.190. The van der Waals surface area contributed by atoms with Gasteiger partial charge in [0, 0.05) is 26.4 Å². The first-order valence-corrected chi connectivity index (χ1v) is 16.0. The van der Waals surface area contributed by atoms with Gasteiger partial charge < -0.3 is 0 Å². The third-order valence-electron chi connectivity index (χ3n) is 8.60. The summed E-state index contributed by atoms with van der Waals surface area (Å²) >= 11 is 3.75. The van der Waals surface area contributed by atoms with Gasteiger partial charge in [0.1, 0.15) is 0 Å². The highest BCUT2D eigenvalue weighted by Gasteiger charge is 2.23. The van der Waals surface area contributed by atoms with Gasteiger partial charge in [-0.3, -0.25) is 4.57 Å². The van der Waals surface area contributed by atoms with E-state index in [0.717, 1.165) is 27.7 Å². The average Bonchev–Trinajstić information content (AvgIpc) is 3.71. The lowest BCUT2D eigenvalue weighted by atomic mass is 9.98. The van der Waals surface area contributed by atoms with E-state index >= 15 is 0 Å². The largest absolute Gasteiger partial charge is 0.276 e. The minimum Gasteiger partial charge on any atom is -0.276 e. The fourth-order valence-electron chi connectivity index (χ4n) is 6.64. The molecule has 200 valence electrons. The van der Waals surface area contributed by atoms with Crippen LogP contribution < -0.4 is 0 Å². The number of hydrogen-bond donors (Lipinski definition) is 0. The highest BCUT2D eigenvalue weighted by atomic mass is 32.1. The van der Waals surface area contributed by atoms with Crippen LogP contribution in [0.5, 0.6) is 0 Å². The summed E-state index contributed by atoms with van der Waals surface area (Å²) in [6.07, 6.45) is 0. The van der Waals surface area contributed by atoms with Crippen LogP contribution in [0.4, 0.5) is 0 Å². The lowest BCUT2D eigenvalue weighted by Gasteiger charge is -2.14. The monoisotopic (exact) mass is 583 g/mol. The predicted octanol–water partition coefficient (Wildman–Crippen LogP) is 11.1. The maximum atomic E-state index is 5.47. The summed E-state index contributed by atoms with van der Waals surface area (Å²) in [5.74, 6) is 0.703. The maximum absolute atomic E-state index is 5.47. The van der Waals surface area contributed by atoms with Gasteiger partial charge in [0.2, 0.25) is 5.95 Å². The molecule has 10 aromatic rings. The number of thiophene rings is 2. The Balaban J connectivity index is 1.37. The fourth-order valence-corrected chi connectivity index (χ4v) is 9.42. The summed E-state index contributed by atoms with van der Waals surface area (Å²) in [6, 6.07) is 45.5. The van der Waals surface area contributed by atoms with Gasteiger partial charge in [-0.25, -0.2) is 9.97 Å². The molecule has 5 heteroatoms. The van der Waals surface area contributed by atoms with Crippen molar-refractivity contribution in [2.45, 2.75) is 0 Å². The molecule has 4 aromatic heterocycles. The minimum absolute atomic E-state index is 0.703. The lowest BCUT2D eigenvalue weighted by Crippen LogP contribution is -2.03. The molecule has 0 atom stereocenters. The molecule has 0 aliphatic heterocycles. The van der Waals surface area contributed by atoms with E-state index in [1.54, 1.807) is 0 Å². The molecule has 0 radical (unpaired) electrons. The zero-order valence-electron chi connectivity index (χ0n) is 22.8. The van der Waals surface area contributed by atoms with E-state index in [1.165, 1.54) is 56.6 Å². The summed E-state index contributed by atoms with van der Waals surface area (Å²) < 4.78 is 7.54. The van der Waals surface area contributed by atoms with Gasteiger partial charge in [-0.2, -0.15) is 0 Å². The molecule has 0 aliphatic rings. The SMILES string of the molecule is c1ccc2cc(-c3nc(-n4c5ccccc5c5sc6c7ccccc7sc6c54)nc4ccc5ccccc5c34)ccc2c1. The highest BCUT2D eigenvalue weighted by Crippen LogP contribution is 2.48. The molecule has 6 aromatic carbocycles. The summed E-state index contributed by atoms with van der Waals surface area (Å²) in [5, 5.41) is 8.42. The van der Waals surface area contributed by atoms with Gasteiger partial charge in [0.15, 0.2) is 0 Å². The highest BCUT2D eigenvalue weighted by molar-refractivity contribution is 7.37. The number of para-hydroxylation sites is 1. The molecule has 0 fully saturated rings. The topological polar surface area (TPSA) is 30.7 Å². The summed E-state index contributed by atoms with van der Waals surface area (Å²) in [4.78, 5) is 10.8. The van der Waals surface area contributed by atoms with Crippen LogP contribution in [0.1, 0.15) is 0 Å². The van der Waals surface area contributed by atoms with Crippen molar-refractivity contribution in [2.75, 3.05) is 0 Å². The van der Waals surface area contributed by atoms with Crippen molar-refractivity contribution in [2.24, 2.45) is 0 Å². The normalized spacial score (nSPS) is 12.2. The van der Waals surface area contributed by atoms with E-state index in [4.69, 9.17) is 9.97 Å². The van der Waals surface area contributed by atoms with Crippen molar-refractivity contribution in [1.82, 2.24) is 14.5 Å². The second kappa shape index (κ2) is 8.71. The average molecular weight is 584 g/mol. The molecule has 0 spiro atoms. The predicted molar refractivity (Wildman–Crippen MR) is 185 cm³/mol. The Labute approximate surface area is 253 Å². The molecule has 0 aliphatic carbocycles. The zero-order chi connectivity index (χ0) is 28.1. The molecule has 43 heavy (non-hydrogen) atoms. The molecule has 0 saturated carbocycles. The van der Waals surface area contributed by atoms with E-state index in [0.29, 0.717) is 5.95 Å². The molecule has 0 bridgehead atoms. The molecule has 0 unspecified atom stereocenters. The van der Waals surface area contributed by atoms with Crippen molar-refractivity contribution < 1.29 is 0 Å². The van der Waals surface area contributed by atoms with E-state index in [9.17, 15) is 0 Å². The Morgan fingerprint density at radius 1 is 0.512 bits per heavy atom. The minimum atomic E-state index is 0.703. The van der Waals surface area contributed by atoms with Crippen LogP contribution in [0.25, 0.3) is 90.3 Å². The Morgan fingerprint density at radius 2 is 1.23 bits per heavy atom. The fraction of sp³-hybridized carbons (Fsp3) is 0. The molecular weight excluding hydrogens is 563 g/mol. The van der Waals surface area contributed by atoms with Crippen molar-refractivity contribution in [3.63, 3.8) is 0 Å². The van der Waals surface area contributed by atoms with E-state index in [2.05, 4.69) is 132 Å². The Bertz CT molecular complexity index is 2750. The van der Waals surface area contributed by atoms with Gasteiger partial charge in [-0.05, 0) is 45.8 Å². The van der Waals surface area contributed by atoms with Crippen LogP contribution in [0.3, 0.4) is 0 Å². The lowest BCUT2D eigenvalue weighted by molar-refractivity contribution is 1.02. The first-order chi connectivity index (χ1) is 21.3. The second-order valence-corrected chi connectivity index (χ2v) is 13.1. The molecule has 10 rings (SSSR count). The molecule has 0 amide bonds. The third-order valence-corrected chi connectivity index (χ3v) is 11.1. The van der Waals surface area contributed by atoms with Gasteiger partial charge >= 0.3 is 0 Å². The molecule has 0 saturated heterocycles. The number of rotatable bonds is 2. The van der Waals surface area contributed by atoms with E-state index in [1.807, 2.05) is 22.7 Å². The Hall–Kier alpha value is -5.10. The van der Waals surface area contributed by atoms with E-state index < -0.39 is 0 Å². The van der Waals surface area contributed by atoms with Gasteiger partial charge in [0.05, 0.1) is 36.3 Å². The first-order valence-electron chi connectivity index (χ1n) is 14.3. The number of benzene rings is 6. The van der Waals surface area contributed by atoms with Crippen molar-refractivity contribution in [3.8, 4) is 17.2 Å². The number of hydrogen-bond acceptors (Lipinski definition) is 4. The third kappa shape index (κ3) is 3.29. The molecule has 4 heterocycles. The summed E-state index contributed by atoms with van der Waals surface area (Å²) in [6.45, 7) is 0. The van der Waals surface area contributed by atoms with Crippen LogP contribution in [0, 0.1) is 0 Å².